The van der Waals surface area contributed by atoms with Crippen molar-refractivity contribution in [3.63, 3.8) is 0 Å². The molecule has 1 N–H and O–H groups in total. The van der Waals surface area contributed by atoms with E-state index in [0.717, 1.165) is 0 Å². The number of thioether (sulfide) groups is 1. The largest absolute Gasteiger partial charge is 0.478 e. The molecule has 1 aliphatic rings. The van der Waals surface area contributed by atoms with Gasteiger partial charge in [-0.1, -0.05) is 29.3 Å². The van der Waals surface area contributed by atoms with E-state index < -0.39 is 5.97 Å². The van der Waals surface area contributed by atoms with E-state index in [4.69, 9.17) is 32.7 Å². The van der Waals surface area contributed by atoms with Crippen LogP contribution in [0.1, 0.15) is 23.0 Å². The molecule has 0 saturated carbocycles. The highest BCUT2D eigenvalue weighted by atomic mass is 35.5. The zero-order valence-electron chi connectivity index (χ0n) is 16.7. The minimum absolute atomic E-state index is 0.172. The van der Waals surface area contributed by atoms with Gasteiger partial charge in [-0.25, -0.2) is 9.79 Å². The lowest BCUT2D eigenvalue weighted by Gasteiger charge is -2.11. The average molecular weight is 487 g/mol. The number of likely N-dealkylation sites (N-methyl/N-ethyl adjacent to an activating group) is 1. The molecule has 162 valence electrons. The highest BCUT2D eigenvalue weighted by Gasteiger charge is 2.32. The number of nitrogens with zero attached hydrogens (tertiary/aromatic N) is 2. The second-order valence-electron chi connectivity index (χ2n) is 6.71. The second kappa shape index (κ2) is 9.24. The quantitative estimate of drug-likeness (QED) is 0.412. The van der Waals surface area contributed by atoms with Crippen LogP contribution in [0, 0.1) is 0 Å². The Balaban J connectivity index is 1.61. The molecule has 1 fully saturated rings. The Labute approximate surface area is 198 Å². The molecular formula is C23H16Cl2N2O4S. The smallest absolute Gasteiger partial charge is 0.335 e. The monoisotopic (exact) mass is 486 g/mol. The molecule has 0 radical (unpaired) electrons. The first-order valence-electron chi connectivity index (χ1n) is 9.55. The maximum atomic E-state index is 12.9. The summed E-state index contributed by atoms with van der Waals surface area (Å²) in [6.07, 6.45) is 1.66. The van der Waals surface area contributed by atoms with Gasteiger partial charge in [0.1, 0.15) is 11.5 Å². The third-order valence-electron chi connectivity index (χ3n) is 4.66. The van der Waals surface area contributed by atoms with Crippen LogP contribution < -0.4 is 0 Å². The molecule has 1 saturated heterocycles. The Morgan fingerprint density at radius 1 is 1.16 bits per heavy atom. The summed E-state index contributed by atoms with van der Waals surface area (Å²) in [6.45, 7) is 2.30. The number of carboxylic acid groups (broad SMARTS) is 1. The van der Waals surface area contributed by atoms with Crippen molar-refractivity contribution >= 4 is 63.8 Å². The summed E-state index contributed by atoms with van der Waals surface area (Å²) in [7, 11) is 0. The van der Waals surface area contributed by atoms with Crippen molar-refractivity contribution < 1.29 is 19.1 Å². The maximum absolute atomic E-state index is 12.9. The molecule has 2 heterocycles. The Bertz CT molecular complexity index is 1270. The van der Waals surface area contributed by atoms with Crippen LogP contribution in [0.15, 0.2) is 68.9 Å². The number of carbonyl (C=O) groups excluding carboxylic acids is 1. The molecule has 0 unspecified atom stereocenters. The maximum Gasteiger partial charge on any atom is 0.335 e. The van der Waals surface area contributed by atoms with E-state index in [1.54, 1.807) is 53.4 Å². The van der Waals surface area contributed by atoms with E-state index in [9.17, 15) is 9.59 Å². The molecule has 0 bridgehead atoms. The first kappa shape index (κ1) is 22.2. The third kappa shape index (κ3) is 4.46. The predicted octanol–water partition coefficient (Wildman–Crippen LogP) is 6.58. The van der Waals surface area contributed by atoms with Crippen molar-refractivity contribution in [2.75, 3.05) is 6.54 Å². The van der Waals surface area contributed by atoms with Crippen molar-refractivity contribution in [3.8, 4) is 11.3 Å². The first-order valence-corrected chi connectivity index (χ1v) is 11.1. The summed E-state index contributed by atoms with van der Waals surface area (Å²) in [5.41, 5.74) is 1.39. The fourth-order valence-electron chi connectivity index (χ4n) is 3.06. The van der Waals surface area contributed by atoms with Crippen LogP contribution in [-0.2, 0) is 4.79 Å². The number of carboxylic acids is 1. The molecule has 4 rings (SSSR count). The van der Waals surface area contributed by atoms with E-state index >= 15 is 0 Å². The SMILES string of the molecule is CCN1C(=O)/C(=C\c2ccc(-c3cccc(Cl)c3Cl)o2)SC1=Nc1ccc(C(=O)O)cc1. The molecule has 32 heavy (non-hydrogen) atoms. The lowest BCUT2D eigenvalue weighted by molar-refractivity contribution is -0.122. The van der Waals surface area contributed by atoms with Crippen LogP contribution in [-0.4, -0.2) is 33.6 Å². The van der Waals surface area contributed by atoms with Crippen molar-refractivity contribution in [2.24, 2.45) is 4.99 Å². The number of hydrogen-bond donors (Lipinski definition) is 1. The summed E-state index contributed by atoms with van der Waals surface area (Å²) >= 11 is 13.6. The third-order valence-corrected chi connectivity index (χ3v) is 6.49. The van der Waals surface area contributed by atoms with E-state index in [-0.39, 0.29) is 11.5 Å². The van der Waals surface area contributed by atoms with Crippen LogP contribution >= 0.6 is 35.0 Å². The number of furan rings is 1. The number of rotatable bonds is 5. The number of amides is 1. The van der Waals surface area contributed by atoms with Gasteiger partial charge in [0.15, 0.2) is 5.17 Å². The van der Waals surface area contributed by atoms with Gasteiger partial charge >= 0.3 is 5.97 Å². The van der Waals surface area contributed by atoms with Gasteiger partial charge in [0, 0.05) is 18.2 Å². The van der Waals surface area contributed by atoms with Crippen LogP contribution in [0.3, 0.4) is 0 Å². The Hall–Kier alpha value is -3.00. The molecule has 1 amide bonds. The zero-order chi connectivity index (χ0) is 22.8. The van der Waals surface area contributed by atoms with E-state index in [2.05, 4.69) is 4.99 Å². The summed E-state index contributed by atoms with van der Waals surface area (Å²) in [5, 5.41) is 10.4. The van der Waals surface area contributed by atoms with Gasteiger partial charge in [-0.2, -0.15) is 0 Å². The zero-order valence-corrected chi connectivity index (χ0v) is 19.0. The molecule has 2 aromatic carbocycles. The molecule has 0 atom stereocenters. The number of hydrogen-bond acceptors (Lipinski definition) is 5. The predicted molar refractivity (Wildman–Crippen MR) is 128 cm³/mol. The summed E-state index contributed by atoms with van der Waals surface area (Å²) in [4.78, 5) is 30.4. The standard InChI is InChI=1S/C23H16Cl2N2O4S/c1-2-27-21(28)19(32-23(27)26-14-8-6-13(7-9-14)22(29)30)12-15-10-11-18(31-15)16-4-3-5-17(24)20(16)25/h3-12H,2H2,1H3,(H,29,30)/b19-12+,26-23?. The van der Waals surface area contributed by atoms with Gasteiger partial charge in [-0.15, -0.1) is 0 Å². The summed E-state index contributed by atoms with van der Waals surface area (Å²) in [5.74, 6) is -0.154. The number of carbonyl (C=O) groups is 2. The summed E-state index contributed by atoms with van der Waals surface area (Å²) < 4.78 is 5.87. The number of amidine groups is 1. The molecular weight excluding hydrogens is 471 g/mol. The molecule has 1 aromatic heterocycles. The Morgan fingerprint density at radius 3 is 2.59 bits per heavy atom. The number of halogens is 2. The summed E-state index contributed by atoms with van der Waals surface area (Å²) in [6, 6.07) is 15.0. The first-order chi connectivity index (χ1) is 15.4. The normalized spacial score (nSPS) is 16.3. The minimum atomic E-state index is -1.01. The van der Waals surface area contributed by atoms with Crippen LogP contribution in [0.5, 0.6) is 0 Å². The van der Waals surface area contributed by atoms with Gasteiger partial charge in [-0.3, -0.25) is 9.69 Å². The van der Waals surface area contributed by atoms with Crippen LogP contribution in [0.4, 0.5) is 5.69 Å². The average Bonchev–Trinajstić information content (AvgIpc) is 3.35. The lowest BCUT2D eigenvalue weighted by atomic mass is 10.2. The lowest BCUT2D eigenvalue weighted by Crippen LogP contribution is -2.28. The van der Waals surface area contributed by atoms with Gasteiger partial charge < -0.3 is 9.52 Å². The molecule has 3 aromatic rings. The van der Waals surface area contributed by atoms with Gasteiger partial charge in [0.2, 0.25) is 0 Å². The molecule has 6 nitrogen and oxygen atoms in total. The fraction of sp³-hybridized carbons (Fsp3) is 0.0870. The highest BCUT2D eigenvalue weighted by molar-refractivity contribution is 8.18. The van der Waals surface area contributed by atoms with Gasteiger partial charge in [-0.05, 0) is 67.2 Å². The van der Waals surface area contributed by atoms with Crippen molar-refractivity contribution in [1.29, 1.82) is 0 Å². The second-order valence-corrected chi connectivity index (χ2v) is 8.50. The number of aliphatic imine (C=N–C) groups is 1. The van der Waals surface area contributed by atoms with Crippen LogP contribution in [0.25, 0.3) is 17.4 Å². The molecule has 1 aliphatic heterocycles. The van der Waals surface area contributed by atoms with E-state index in [1.807, 2.05) is 6.92 Å². The van der Waals surface area contributed by atoms with Crippen LogP contribution in [0.2, 0.25) is 10.0 Å². The van der Waals surface area contributed by atoms with E-state index in [0.29, 0.717) is 49.4 Å². The van der Waals surface area contributed by atoms with Gasteiger partial charge in [0.25, 0.3) is 5.91 Å². The topological polar surface area (TPSA) is 83.1 Å². The minimum Gasteiger partial charge on any atom is -0.478 e. The van der Waals surface area contributed by atoms with Crippen molar-refractivity contribution in [2.45, 2.75) is 6.92 Å². The van der Waals surface area contributed by atoms with Crippen molar-refractivity contribution in [1.82, 2.24) is 4.90 Å². The highest BCUT2D eigenvalue weighted by Crippen LogP contribution is 2.37. The van der Waals surface area contributed by atoms with Gasteiger partial charge in [0.05, 0.1) is 26.2 Å². The fourth-order valence-corrected chi connectivity index (χ4v) is 4.49. The molecule has 0 spiro atoms. The Morgan fingerprint density at radius 2 is 1.91 bits per heavy atom. The Kier molecular flexibility index (Phi) is 6.41. The molecule has 0 aliphatic carbocycles. The number of benzene rings is 2. The van der Waals surface area contributed by atoms with Crippen molar-refractivity contribution in [3.05, 3.63) is 80.9 Å². The molecule has 9 heteroatoms. The number of aromatic carboxylic acids is 1. The van der Waals surface area contributed by atoms with E-state index in [1.165, 1.54) is 23.9 Å².